The van der Waals surface area contributed by atoms with Crippen LogP contribution >= 0.6 is 0 Å². The van der Waals surface area contributed by atoms with E-state index in [9.17, 15) is 0 Å². The number of hydrogen-bond acceptors (Lipinski definition) is 2. The van der Waals surface area contributed by atoms with Gasteiger partial charge >= 0.3 is 0 Å². The highest BCUT2D eigenvalue weighted by Gasteiger charge is 2.22. The third-order valence-electron chi connectivity index (χ3n) is 3.70. The minimum atomic E-state index is 0.371. The third-order valence-corrected chi connectivity index (χ3v) is 3.70. The van der Waals surface area contributed by atoms with E-state index in [0.717, 1.165) is 12.5 Å². The molecule has 0 aromatic rings. The largest absolute Gasteiger partial charge is 0.384 e. The number of rotatable bonds is 11. The topological polar surface area (TPSA) is 18.5 Å². The van der Waals surface area contributed by atoms with Crippen LogP contribution in [0.2, 0.25) is 0 Å². The lowest BCUT2D eigenvalue weighted by Gasteiger charge is -2.27. The molecule has 0 N–H and O–H groups in total. The monoisotopic (exact) mass is 244 g/mol. The fourth-order valence-electron chi connectivity index (χ4n) is 2.37. The molecule has 104 valence electrons. The van der Waals surface area contributed by atoms with Crippen molar-refractivity contribution in [2.24, 2.45) is 11.8 Å². The second-order valence-corrected chi connectivity index (χ2v) is 5.23. The van der Waals surface area contributed by atoms with E-state index in [0.29, 0.717) is 12.0 Å². The average Bonchev–Trinajstić information content (AvgIpc) is 2.34. The SMILES string of the molecule is CCCCCC(OC)C(COC)CC(C)CC. The van der Waals surface area contributed by atoms with Gasteiger partial charge in [-0.1, -0.05) is 46.5 Å². The van der Waals surface area contributed by atoms with Crippen LogP contribution in [0.5, 0.6) is 0 Å². The molecule has 3 unspecified atom stereocenters. The third kappa shape index (κ3) is 7.77. The molecule has 0 saturated heterocycles. The van der Waals surface area contributed by atoms with Crippen molar-refractivity contribution in [3.8, 4) is 0 Å². The van der Waals surface area contributed by atoms with E-state index < -0.39 is 0 Å². The van der Waals surface area contributed by atoms with Crippen LogP contribution in [0.25, 0.3) is 0 Å². The first-order chi connectivity index (χ1) is 8.19. The Bertz CT molecular complexity index is 159. The Kier molecular flexibility index (Phi) is 11.0. The minimum Gasteiger partial charge on any atom is -0.384 e. The summed E-state index contributed by atoms with van der Waals surface area (Å²) in [7, 11) is 3.64. The van der Waals surface area contributed by atoms with Gasteiger partial charge < -0.3 is 9.47 Å². The van der Waals surface area contributed by atoms with Gasteiger partial charge in [0.15, 0.2) is 0 Å². The Morgan fingerprint density at radius 2 is 1.76 bits per heavy atom. The molecule has 0 amide bonds. The predicted octanol–water partition coefficient (Wildman–Crippen LogP) is 4.28. The molecule has 0 aliphatic carbocycles. The van der Waals surface area contributed by atoms with E-state index in [2.05, 4.69) is 20.8 Å². The van der Waals surface area contributed by atoms with E-state index in [1.807, 2.05) is 7.11 Å². The molecule has 2 heteroatoms. The van der Waals surface area contributed by atoms with Crippen molar-refractivity contribution in [1.82, 2.24) is 0 Å². The Labute approximate surface area is 108 Å². The van der Waals surface area contributed by atoms with Gasteiger partial charge in [0.25, 0.3) is 0 Å². The summed E-state index contributed by atoms with van der Waals surface area (Å²) in [6.45, 7) is 7.65. The van der Waals surface area contributed by atoms with Gasteiger partial charge in [-0.15, -0.1) is 0 Å². The molecule has 0 fully saturated rings. The molecule has 0 bridgehead atoms. The van der Waals surface area contributed by atoms with E-state index in [-0.39, 0.29) is 0 Å². The van der Waals surface area contributed by atoms with Gasteiger partial charge in [-0.3, -0.25) is 0 Å². The number of unbranched alkanes of at least 4 members (excludes halogenated alkanes) is 2. The first kappa shape index (κ1) is 16.9. The molecule has 0 aliphatic heterocycles. The maximum absolute atomic E-state index is 5.68. The number of methoxy groups -OCH3 is 2. The normalized spacial score (nSPS) is 16.8. The first-order valence-electron chi connectivity index (χ1n) is 7.21. The molecule has 0 radical (unpaired) electrons. The quantitative estimate of drug-likeness (QED) is 0.505. The molecule has 0 rings (SSSR count). The fourth-order valence-corrected chi connectivity index (χ4v) is 2.37. The standard InChI is InChI=1S/C15H32O2/c1-6-8-9-10-15(17-5)14(12-16-4)11-13(3)7-2/h13-15H,6-12H2,1-5H3. The van der Waals surface area contributed by atoms with Crippen molar-refractivity contribution in [1.29, 1.82) is 0 Å². The summed E-state index contributed by atoms with van der Waals surface area (Å²) in [6.07, 6.45) is 7.86. The average molecular weight is 244 g/mol. The highest BCUT2D eigenvalue weighted by atomic mass is 16.5. The molecular weight excluding hydrogens is 212 g/mol. The van der Waals surface area contributed by atoms with Gasteiger partial charge in [0.2, 0.25) is 0 Å². The molecule has 2 nitrogen and oxygen atoms in total. The van der Waals surface area contributed by atoms with Gasteiger partial charge in [0, 0.05) is 20.1 Å². The van der Waals surface area contributed by atoms with Crippen LogP contribution in [0, 0.1) is 11.8 Å². The molecule has 0 aliphatic rings. The lowest BCUT2D eigenvalue weighted by molar-refractivity contribution is -0.00107. The highest BCUT2D eigenvalue weighted by molar-refractivity contribution is 4.72. The second-order valence-electron chi connectivity index (χ2n) is 5.23. The van der Waals surface area contributed by atoms with Gasteiger partial charge in [0.1, 0.15) is 0 Å². The summed E-state index contributed by atoms with van der Waals surface area (Å²) in [5.41, 5.74) is 0. The fraction of sp³-hybridized carbons (Fsp3) is 1.00. The Morgan fingerprint density at radius 3 is 2.24 bits per heavy atom. The Hall–Kier alpha value is -0.0800. The van der Waals surface area contributed by atoms with Crippen LogP contribution in [0.4, 0.5) is 0 Å². The summed E-state index contributed by atoms with van der Waals surface area (Å²) < 4.78 is 11.0. The molecule has 17 heavy (non-hydrogen) atoms. The first-order valence-corrected chi connectivity index (χ1v) is 7.21. The van der Waals surface area contributed by atoms with Gasteiger partial charge in [0.05, 0.1) is 12.7 Å². The van der Waals surface area contributed by atoms with E-state index in [4.69, 9.17) is 9.47 Å². The number of ether oxygens (including phenoxy) is 2. The predicted molar refractivity (Wildman–Crippen MR) is 74.4 cm³/mol. The smallest absolute Gasteiger partial charge is 0.0621 e. The summed E-state index contributed by atoms with van der Waals surface area (Å²) in [5, 5.41) is 0. The lowest BCUT2D eigenvalue weighted by atomic mass is 9.88. The molecule has 0 spiro atoms. The number of hydrogen-bond donors (Lipinski definition) is 0. The molecular formula is C15H32O2. The second kappa shape index (κ2) is 11.0. The molecule has 3 atom stereocenters. The van der Waals surface area contributed by atoms with Crippen molar-refractivity contribution in [3.05, 3.63) is 0 Å². The maximum atomic E-state index is 5.68. The van der Waals surface area contributed by atoms with Crippen LogP contribution in [0.1, 0.15) is 59.3 Å². The summed E-state index contributed by atoms with van der Waals surface area (Å²) >= 11 is 0. The van der Waals surface area contributed by atoms with Crippen LogP contribution in [-0.2, 0) is 9.47 Å². The molecule has 0 aromatic heterocycles. The van der Waals surface area contributed by atoms with Gasteiger partial charge in [-0.25, -0.2) is 0 Å². The van der Waals surface area contributed by atoms with Crippen molar-refractivity contribution < 1.29 is 9.47 Å². The van der Waals surface area contributed by atoms with Crippen molar-refractivity contribution >= 4 is 0 Å². The summed E-state index contributed by atoms with van der Waals surface area (Å²) in [5.74, 6) is 1.32. The van der Waals surface area contributed by atoms with Crippen molar-refractivity contribution in [2.45, 2.75) is 65.4 Å². The summed E-state index contributed by atoms with van der Waals surface area (Å²) in [6, 6.07) is 0. The van der Waals surface area contributed by atoms with Crippen LogP contribution in [0.15, 0.2) is 0 Å². The van der Waals surface area contributed by atoms with Crippen LogP contribution in [-0.4, -0.2) is 26.9 Å². The van der Waals surface area contributed by atoms with Gasteiger partial charge in [-0.05, 0) is 18.8 Å². The van der Waals surface area contributed by atoms with Gasteiger partial charge in [-0.2, -0.15) is 0 Å². The maximum Gasteiger partial charge on any atom is 0.0621 e. The van der Waals surface area contributed by atoms with Crippen molar-refractivity contribution in [2.75, 3.05) is 20.8 Å². The zero-order valence-corrected chi connectivity index (χ0v) is 12.5. The zero-order chi connectivity index (χ0) is 13.1. The summed E-state index contributed by atoms with van der Waals surface area (Å²) in [4.78, 5) is 0. The zero-order valence-electron chi connectivity index (χ0n) is 12.5. The highest BCUT2D eigenvalue weighted by Crippen LogP contribution is 2.23. The van der Waals surface area contributed by atoms with E-state index in [1.165, 1.54) is 38.5 Å². The Morgan fingerprint density at radius 1 is 1.06 bits per heavy atom. The molecule has 0 aromatic carbocycles. The van der Waals surface area contributed by atoms with Crippen LogP contribution < -0.4 is 0 Å². The van der Waals surface area contributed by atoms with Crippen molar-refractivity contribution in [3.63, 3.8) is 0 Å². The molecule has 0 heterocycles. The minimum absolute atomic E-state index is 0.371. The van der Waals surface area contributed by atoms with E-state index >= 15 is 0 Å². The van der Waals surface area contributed by atoms with E-state index in [1.54, 1.807) is 7.11 Å². The Balaban J connectivity index is 4.19. The molecule has 0 saturated carbocycles. The lowest BCUT2D eigenvalue weighted by Crippen LogP contribution is -2.28. The van der Waals surface area contributed by atoms with Crippen LogP contribution in [0.3, 0.4) is 0 Å².